The average molecular weight is 449 g/mol. The molecule has 1 heterocycles. The van der Waals surface area contributed by atoms with Crippen molar-refractivity contribution < 1.29 is 31.8 Å². The Balaban J connectivity index is 1.96. The normalized spacial score (nSPS) is 11.1. The van der Waals surface area contributed by atoms with Crippen LogP contribution >= 0.6 is 0 Å². The maximum atomic E-state index is 13.4. The van der Waals surface area contributed by atoms with Crippen molar-refractivity contribution in [2.45, 2.75) is 20.2 Å². The van der Waals surface area contributed by atoms with Crippen LogP contribution in [0.15, 0.2) is 48.5 Å². The highest BCUT2D eigenvalue weighted by molar-refractivity contribution is 6.08. The molecular weight excluding hydrogens is 430 g/mol. The molecule has 0 aliphatic heterocycles. The lowest BCUT2D eigenvalue weighted by molar-refractivity contribution is -0.274. The molecule has 3 aromatic rings. The first kappa shape index (κ1) is 22.9. The van der Waals surface area contributed by atoms with Crippen LogP contribution in [-0.4, -0.2) is 24.4 Å². The van der Waals surface area contributed by atoms with E-state index in [-0.39, 0.29) is 11.3 Å². The molecule has 0 atom stereocenters. The van der Waals surface area contributed by atoms with E-state index in [0.29, 0.717) is 28.5 Å². The summed E-state index contributed by atoms with van der Waals surface area (Å²) >= 11 is 0. The minimum Gasteiger partial charge on any atom is -0.481 e. The fourth-order valence-corrected chi connectivity index (χ4v) is 2.91. The molecule has 2 N–H and O–H groups in total. The summed E-state index contributed by atoms with van der Waals surface area (Å²) in [6, 6.07) is 10.3. The summed E-state index contributed by atoms with van der Waals surface area (Å²) in [5.41, 5.74) is 1.87. The van der Waals surface area contributed by atoms with Crippen LogP contribution < -0.4 is 20.1 Å². The molecule has 0 fully saturated rings. The number of anilines is 3. The highest BCUT2D eigenvalue weighted by Gasteiger charge is 2.31. The number of hydrogen-bond donors (Lipinski definition) is 2. The first-order valence-corrected chi connectivity index (χ1v) is 9.31. The summed E-state index contributed by atoms with van der Waals surface area (Å²) in [5.74, 6) is -1.22. The molecule has 1 amide bonds. The molecule has 0 aliphatic rings. The van der Waals surface area contributed by atoms with Gasteiger partial charge in [-0.15, -0.1) is 13.2 Å². The smallest absolute Gasteiger partial charge is 0.481 e. The maximum absolute atomic E-state index is 13.4. The fourth-order valence-electron chi connectivity index (χ4n) is 2.91. The van der Waals surface area contributed by atoms with Crippen molar-refractivity contribution in [1.82, 2.24) is 4.98 Å². The van der Waals surface area contributed by atoms with Crippen molar-refractivity contribution in [3.8, 4) is 11.6 Å². The van der Waals surface area contributed by atoms with Crippen LogP contribution in [-0.2, 0) is 0 Å². The number of alkyl halides is 3. The number of nitrogens with one attached hydrogen (secondary N) is 2. The standard InChI is InChI=1S/C22H19F4N3O3/c1-12-10-14(23)4-7-17(12)28-19-11-15(32-22(24,25)26)5-6-16(19)21(30)29-18-8-9-20(31-3)27-13(18)2/h4-11,28H,1-3H3,(H,29,30). The van der Waals surface area contributed by atoms with E-state index < -0.39 is 23.8 Å². The number of aromatic nitrogens is 1. The molecule has 0 radical (unpaired) electrons. The van der Waals surface area contributed by atoms with Gasteiger partial charge in [-0.3, -0.25) is 4.79 Å². The van der Waals surface area contributed by atoms with Crippen LogP contribution in [0.4, 0.5) is 34.6 Å². The van der Waals surface area contributed by atoms with Crippen LogP contribution in [0.3, 0.4) is 0 Å². The Bertz CT molecular complexity index is 1150. The summed E-state index contributed by atoms with van der Waals surface area (Å²) in [5, 5.41) is 5.56. The zero-order chi connectivity index (χ0) is 23.5. The third kappa shape index (κ3) is 5.65. The Hall–Kier alpha value is -3.82. The third-order valence-electron chi connectivity index (χ3n) is 4.44. The van der Waals surface area contributed by atoms with Gasteiger partial charge < -0.3 is 20.1 Å². The third-order valence-corrected chi connectivity index (χ3v) is 4.44. The van der Waals surface area contributed by atoms with Gasteiger partial charge in [-0.25, -0.2) is 9.37 Å². The fraction of sp³-hybridized carbons (Fsp3) is 0.182. The number of ether oxygens (including phenoxy) is 2. The molecule has 0 bridgehead atoms. The number of aryl methyl sites for hydroxylation is 2. The van der Waals surface area contributed by atoms with Gasteiger partial charge in [-0.2, -0.15) is 0 Å². The van der Waals surface area contributed by atoms with Gasteiger partial charge >= 0.3 is 6.36 Å². The molecular formula is C22H19F4N3O3. The van der Waals surface area contributed by atoms with E-state index in [4.69, 9.17) is 4.74 Å². The van der Waals surface area contributed by atoms with Gasteiger partial charge in [0.05, 0.1) is 29.7 Å². The van der Waals surface area contributed by atoms with Crippen molar-refractivity contribution in [3.63, 3.8) is 0 Å². The number of rotatable bonds is 6. The van der Waals surface area contributed by atoms with E-state index >= 15 is 0 Å². The molecule has 0 unspecified atom stereocenters. The molecule has 0 aliphatic carbocycles. The molecule has 0 saturated carbocycles. The van der Waals surface area contributed by atoms with Crippen LogP contribution in [0.25, 0.3) is 0 Å². The summed E-state index contributed by atoms with van der Waals surface area (Å²) in [4.78, 5) is 17.1. The van der Waals surface area contributed by atoms with Gasteiger partial charge in [-0.05, 0) is 55.8 Å². The lowest BCUT2D eigenvalue weighted by Gasteiger charge is -2.17. The minimum atomic E-state index is -4.90. The topological polar surface area (TPSA) is 72.5 Å². The largest absolute Gasteiger partial charge is 0.573 e. The number of amides is 1. The number of halogens is 4. The van der Waals surface area contributed by atoms with Gasteiger partial charge in [0.15, 0.2) is 0 Å². The molecule has 6 nitrogen and oxygen atoms in total. The first-order chi connectivity index (χ1) is 15.1. The SMILES string of the molecule is COc1ccc(NC(=O)c2ccc(OC(F)(F)F)cc2Nc2ccc(F)cc2C)c(C)n1. The highest BCUT2D eigenvalue weighted by Crippen LogP contribution is 2.31. The van der Waals surface area contributed by atoms with Crippen LogP contribution in [0.1, 0.15) is 21.6 Å². The zero-order valence-electron chi connectivity index (χ0n) is 17.3. The number of nitrogens with zero attached hydrogens (tertiary/aromatic N) is 1. The van der Waals surface area contributed by atoms with E-state index in [0.717, 1.165) is 12.1 Å². The average Bonchev–Trinajstić information content (AvgIpc) is 2.70. The zero-order valence-corrected chi connectivity index (χ0v) is 17.3. The van der Waals surface area contributed by atoms with E-state index in [9.17, 15) is 22.4 Å². The van der Waals surface area contributed by atoms with E-state index in [1.54, 1.807) is 26.0 Å². The monoisotopic (exact) mass is 449 g/mol. The van der Waals surface area contributed by atoms with Gasteiger partial charge in [-0.1, -0.05) is 0 Å². The van der Waals surface area contributed by atoms with Crippen LogP contribution in [0, 0.1) is 19.7 Å². The number of hydrogen-bond acceptors (Lipinski definition) is 5. The highest BCUT2D eigenvalue weighted by atomic mass is 19.4. The number of carbonyl (C=O) groups excluding carboxylic acids is 1. The van der Waals surface area contributed by atoms with Crippen molar-refractivity contribution in [3.05, 3.63) is 71.2 Å². The maximum Gasteiger partial charge on any atom is 0.573 e. The van der Waals surface area contributed by atoms with Gasteiger partial charge in [0.25, 0.3) is 5.91 Å². The molecule has 2 aromatic carbocycles. The quantitative estimate of drug-likeness (QED) is 0.470. The summed E-state index contributed by atoms with van der Waals surface area (Å²) in [6.07, 6.45) is -4.90. The second-order valence-electron chi connectivity index (χ2n) is 6.78. The second-order valence-corrected chi connectivity index (χ2v) is 6.78. The van der Waals surface area contributed by atoms with Crippen LogP contribution in [0.5, 0.6) is 11.6 Å². The van der Waals surface area contributed by atoms with E-state index in [1.807, 2.05) is 0 Å². The second kappa shape index (κ2) is 9.13. The number of benzene rings is 2. The van der Waals surface area contributed by atoms with E-state index in [2.05, 4.69) is 20.4 Å². The molecule has 0 saturated heterocycles. The molecule has 0 spiro atoms. The predicted molar refractivity (Wildman–Crippen MR) is 111 cm³/mol. The Morgan fingerprint density at radius 3 is 2.31 bits per heavy atom. The summed E-state index contributed by atoms with van der Waals surface area (Å²) < 4.78 is 60.5. The Morgan fingerprint density at radius 2 is 1.69 bits per heavy atom. The molecule has 3 rings (SSSR count). The Labute approximate surface area is 181 Å². The molecule has 168 valence electrons. The molecule has 32 heavy (non-hydrogen) atoms. The predicted octanol–water partition coefficient (Wildman–Crippen LogP) is 5.74. The number of carbonyl (C=O) groups is 1. The number of methoxy groups -OCH3 is 1. The molecule has 10 heteroatoms. The Morgan fingerprint density at radius 1 is 0.969 bits per heavy atom. The minimum absolute atomic E-state index is 0.0399. The summed E-state index contributed by atoms with van der Waals surface area (Å²) in [6.45, 7) is 3.28. The Kier molecular flexibility index (Phi) is 6.52. The van der Waals surface area contributed by atoms with Gasteiger partial charge in [0.1, 0.15) is 11.6 Å². The summed E-state index contributed by atoms with van der Waals surface area (Å²) in [7, 11) is 1.46. The van der Waals surface area contributed by atoms with Crippen molar-refractivity contribution in [2.75, 3.05) is 17.7 Å². The van der Waals surface area contributed by atoms with E-state index in [1.165, 1.54) is 31.4 Å². The van der Waals surface area contributed by atoms with Crippen molar-refractivity contribution >= 4 is 23.0 Å². The van der Waals surface area contributed by atoms with Crippen LogP contribution in [0.2, 0.25) is 0 Å². The van der Waals surface area contributed by atoms with Gasteiger partial charge in [0, 0.05) is 17.8 Å². The molecule has 1 aromatic heterocycles. The van der Waals surface area contributed by atoms with Gasteiger partial charge in [0.2, 0.25) is 5.88 Å². The lowest BCUT2D eigenvalue weighted by Crippen LogP contribution is -2.18. The first-order valence-electron chi connectivity index (χ1n) is 9.31. The van der Waals surface area contributed by atoms with Crippen molar-refractivity contribution in [1.29, 1.82) is 0 Å². The van der Waals surface area contributed by atoms with Crippen molar-refractivity contribution in [2.24, 2.45) is 0 Å². The lowest BCUT2D eigenvalue weighted by atomic mass is 10.1. The number of pyridine rings is 1.